The number of carbonyl (C=O) groups excluding carboxylic acids is 1. The van der Waals surface area contributed by atoms with Crippen molar-refractivity contribution in [2.75, 3.05) is 6.79 Å². The highest BCUT2D eigenvalue weighted by molar-refractivity contribution is 6.02. The average molecular weight is 411 g/mol. The number of hydrogen-bond acceptors (Lipinski definition) is 4. The van der Waals surface area contributed by atoms with Crippen LogP contribution in [0.4, 0.5) is 0 Å². The lowest BCUT2D eigenvalue weighted by Crippen LogP contribution is -2.17. The van der Waals surface area contributed by atoms with Gasteiger partial charge in [0.2, 0.25) is 6.79 Å². The second kappa shape index (κ2) is 7.99. The Labute approximate surface area is 179 Å². The monoisotopic (exact) mass is 411 g/mol. The van der Waals surface area contributed by atoms with Crippen LogP contribution in [-0.2, 0) is 6.54 Å². The van der Waals surface area contributed by atoms with Crippen LogP contribution < -0.4 is 14.9 Å². The highest BCUT2D eigenvalue weighted by Gasteiger charge is 2.16. The van der Waals surface area contributed by atoms with E-state index < -0.39 is 0 Å². The minimum absolute atomic E-state index is 0.172. The van der Waals surface area contributed by atoms with Crippen molar-refractivity contribution in [1.82, 2.24) is 9.99 Å². The van der Waals surface area contributed by atoms with Gasteiger partial charge in [-0.05, 0) is 36.8 Å². The van der Waals surface area contributed by atoms with Crippen LogP contribution in [0.1, 0.15) is 27.2 Å². The molecule has 0 spiro atoms. The third kappa shape index (κ3) is 3.64. The Balaban J connectivity index is 1.40. The number of para-hydroxylation sites is 1. The molecule has 154 valence electrons. The molecule has 1 N–H and O–H groups in total. The van der Waals surface area contributed by atoms with Gasteiger partial charge in [-0.1, -0.05) is 48.5 Å². The van der Waals surface area contributed by atoms with Gasteiger partial charge in [0.1, 0.15) is 0 Å². The summed E-state index contributed by atoms with van der Waals surface area (Å²) in [4.78, 5) is 12.5. The van der Waals surface area contributed by atoms with Gasteiger partial charge >= 0.3 is 0 Å². The summed E-state index contributed by atoms with van der Waals surface area (Å²) in [5, 5.41) is 5.33. The lowest BCUT2D eigenvalue weighted by atomic mass is 10.1. The Morgan fingerprint density at radius 1 is 1.03 bits per heavy atom. The molecule has 0 radical (unpaired) electrons. The van der Waals surface area contributed by atoms with Gasteiger partial charge in [0.15, 0.2) is 11.5 Å². The number of hydrogen-bond donors (Lipinski definition) is 1. The Morgan fingerprint density at radius 3 is 2.68 bits per heavy atom. The first kappa shape index (κ1) is 18.9. The van der Waals surface area contributed by atoms with Gasteiger partial charge in [-0.2, -0.15) is 5.10 Å². The molecule has 31 heavy (non-hydrogen) atoms. The number of benzene rings is 3. The van der Waals surface area contributed by atoms with Gasteiger partial charge in [0, 0.05) is 34.3 Å². The van der Waals surface area contributed by atoms with Crippen molar-refractivity contribution in [2.45, 2.75) is 13.5 Å². The van der Waals surface area contributed by atoms with Crippen molar-refractivity contribution in [2.24, 2.45) is 5.10 Å². The normalized spacial score (nSPS) is 12.5. The zero-order valence-electron chi connectivity index (χ0n) is 17.0. The van der Waals surface area contributed by atoms with Gasteiger partial charge in [-0.15, -0.1) is 0 Å². The molecule has 1 aliphatic rings. The molecule has 1 aromatic heterocycles. The minimum atomic E-state index is -0.305. The summed E-state index contributed by atoms with van der Waals surface area (Å²) in [6, 6.07) is 23.6. The fourth-order valence-electron chi connectivity index (χ4n) is 3.85. The number of nitrogens with one attached hydrogen (secondary N) is 1. The van der Waals surface area contributed by atoms with Crippen LogP contribution in [0.5, 0.6) is 11.5 Å². The maximum Gasteiger partial charge on any atom is 0.271 e. The number of carbonyl (C=O) groups is 1. The SMILES string of the molecule is Cc1c(C=NNC(=O)c2ccc3c(c2)OCO3)c2ccccc2n1Cc1ccccc1. The molecule has 0 bridgehead atoms. The van der Waals surface area contributed by atoms with Crippen molar-refractivity contribution in [3.63, 3.8) is 0 Å². The maximum absolute atomic E-state index is 12.5. The average Bonchev–Trinajstić information content (AvgIpc) is 3.38. The molecule has 0 unspecified atom stereocenters. The summed E-state index contributed by atoms with van der Waals surface area (Å²) >= 11 is 0. The third-order valence-electron chi connectivity index (χ3n) is 5.46. The predicted octanol–water partition coefficient (Wildman–Crippen LogP) is 4.49. The molecule has 0 aliphatic carbocycles. The molecule has 0 atom stereocenters. The van der Waals surface area contributed by atoms with E-state index in [0.717, 1.165) is 28.7 Å². The molecule has 5 rings (SSSR count). The number of fused-ring (bicyclic) bond motifs is 2. The summed E-state index contributed by atoms with van der Waals surface area (Å²) in [5.41, 5.74) is 7.51. The van der Waals surface area contributed by atoms with Crippen molar-refractivity contribution in [3.05, 3.63) is 95.2 Å². The van der Waals surface area contributed by atoms with Crippen LogP contribution >= 0.6 is 0 Å². The Kier molecular flexibility index (Phi) is 4.88. The van der Waals surface area contributed by atoms with Crippen molar-refractivity contribution in [1.29, 1.82) is 0 Å². The fraction of sp³-hybridized carbons (Fsp3) is 0.120. The number of amides is 1. The van der Waals surface area contributed by atoms with Gasteiger partial charge in [0.25, 0.3) is 5.91 Å². The van der Waals surface area contributed by atoms with Crippen LogP contribution in [-0.4, -0.2) is 23.5 Å². The summed E-state index contributed by atoms with van der Waals surface area (Å²) in [7, 11) is 0. The Hall–Kier alpha value is -4.06. The fourth-order valence-corrected chi connectivity index (χ4v) is 3.85. The number of rotatable bonds is 5. The standard InChI is InChI=1S/C25H21N3O3/c1-17-21(14-26-27-25(29)19-11-12-23-24(13-19)31-16-30-23)20-9-5-6-10-22(20)28(17)15-18-7-3-2-4-8-18/h2-14H,15-16H2,1H3,(H,27,29). The van der Waals surface area contributed by atoms with E-state index in [0.29, 0.717) is 17.1 Å². The molecule has 2 heterocycles. The van der Waals surface area contributed by atoms with Crippen LogP contribution in [0, 0.1) is 6.92 Å². The van der Waals surface area contributed by atoms with Gasteiger partial charge < -0.3 is 14.0 Å². The number of ether oxygens (including phenoxy) is 2. The minimum Gasteiger partial charge on any atom is -0.454 e. The van der Waals surface area contributed by atoms with Crippen LogP contribution in [0.15, 0.2) is 77.9 Å². The largest absolute Gasteiger partial charge is 0.454 e. The molecule has 0 saturated heterocycles. The van der Waals surface area contributed by atoms with E-state index in [1.807, 2.05) is 30.3 Å². The smallest absolute Gasteiger partial charge is 0.271 e. The molecule has 0 fully saturated rings. The highest BCUT2D eigenvalue weighted by Crippen LogP contribution is 2.32. The van der Waals surface area contributed by atoms with Crippen LogP contribution in [0.25, 0.3) is 10.9 Å². The molecular weight excluding hydrogens is 390 g/mol. The van der Waals surface area contributed by atoms with Crippen molar-refractivity contribution in [3.8, 4) is 11.5 Å². The van der Waals surface area contributed by atoms with Gasteiger partial charge in [0.05, 0.1) is 6.21 Å². The number of aromatic nitrogens is 1. The topological polar surface area (TPSA) is 64.8 Å². The van der Waals surface area contributed by atoms with Crippen molar-refractivity contribution < 1.29 is 14.3 Å². The van der Waals surface area contributed by atoms with E-state index in [1.54, 1.807) is 24.4 Å². The quantitative estimate of drug-likeness (QED) is 0.389. The zero-order chi connectivity index (χ0) is 21.2. The molecule has 1 amide bonds. The van der Waals surface area contributed by atoms with Crippen molar-refractivity contribution >= 4 is 23.0 Å². The molecule has 1 aliphatic heterocycles. The van der Waals surface area contributed by atoms with Gasteiger partial charge in [-0.3, -0.25) is 4.79 Å². The Morgan fingerprint density at radius 2 is 1.81 bits per heavy atom. The van der Waals surface area contributed by atoms with E-state index in [1.165, 1.54) is 5.56 Å². The molecule has 0 saturated carbocycles. The first-order valence-electron chi connectivity index (χ1n) is 10.1. The van der Waals surface area contributed by atoms with Crippen LogP contribution in [0.2, 0.25) is 0 Å². The number of nitrogens with zero attached hydrogens (tertiary/aromatic N) is 2. The van der Waals surface area contributed by atoms with E-state index in [9.17, 15) is 4.79 Å². The summed E-state index contributed by atoms with van der Waals surface area (Å²) in [5.74, 6) is 0.901. The summed E-state index contributed by atoms with van der Waals surface area (Å²) < 4.78 is 12.9. The first-order chi connectivity index (χ1) is 15.2. The molecule has 6 heteroatoms. The highest BCUT2D eigenvalue weighted by atomic mass is 16.7. The molecular formula is C25H21N3O3. The van der Waals surface area contributed by atoms with E-state index in [2.05, 4.69) is 46.3 Å². The zero-order valence-corrected chi connectivity index (χ0v) is 17.0. The second-order valence-electron chi connectivity index (χ2n) is 7.36. The molecule has 6 nitrogen and oxygen atoms in total. The molecule has 3 aromatic carbocycles. The lowest BCUT2D eigenvalue weighted by molar-refractivity contribution is 0.0954. The number of hydrazone groups is 1. The first-order valence-corrected chi connectivity index (χ1v) is 10.1. The van der Waals surface area contributed by atoms with E-state index in [4.69, 9.17) is 9.47 Å². The van der Waals surface area contributed by atoms with Crippen LogP contribution in [0.3, 0.4) is 0 Å². The lowest BCUT2D eigenvalue weighted by Gasteiger charge is -2.08. The predicted molar refractivity (Wildman–Crippen MR) is 120 cm³/mol. The van der Waals surface area contributed by atoms with E-state index >= 15 is 0 Å². The van der Waals surface area contributed by atoms with E-state index in [-0.39, 0.29) is 12.7 Å². The Bertz CT molecular complexity index is 1290. The summed E-state index contributed by atoms with van der Waals surface area (Å²) in [6.07, 6.45) is 1.71. The third-order valence-corrected chi connectivity index (χ3v) is 5.46. The second-order valence-corrected chi connectivity index (χ2v) is 7.36. The summed E-state index contributed by atoms with van der Waals surface area (Å²) in [6.45, 7) is 3.01. The van der Waals surface area contributed by atoms with Gasteiger partial charge in [-0.25, -0.2) is 5.43 Å². The maximum atomic E-state index is 12.5. The molecule has 4 aromatic rings.